The average molecular weight is 590 g/mol. The molecule has 0 saturated carbocycles. The number of rotatable bonds is 4. The maximum absolute atomic E-state index is 10.3. The molecule has 0 atom stereocenters. The molecule has 14 nitrogen and oxygen atoms in total. The zero-order valence-corrected chi connectivity index (χ0v) is 21.8. The Labute approximate surface area is 215 Å². The number of hydrogen-bond donors (Lipinski definition) is 2. The van der Waals surface area contributed by atoms with Crippen LogP contribution in [0.15, 0.2) is 58.3 Å². The molecule has 8 N–H and O–H groups in total. The van der Waals surface area contributed by atoms with Crippen molar-refractivity contribution in [1.29, 1.82) is 0 Å². The third-order valence-electron chi connectivity index (χ3n) is 2.76. The van der Waals surface area contributed by atoms with Crippen LogP contribution in [0.25, 0.3) is 0 Å². The quantitative estimate of drug-likeness (QED) is 0.173. The minimum atomic E-state index is -4.33. The van der Waals surface area contributed by atoms with Crippen LogP contribution in [0.5, 0.6) is 0 Å². The van der Waals surface area contributed by atoms with Crippen molar-refractivity contribution >= 4 is 44.4 Å². The van der Waals surface area contributed by atoms with Gasteiger partial charge in [0.2, 0.25) is 12.8 Å². The van der Waals surface area contributed by atoms with E-state index < -0.39 is 20.2 Å². The first-order chi connectivity index (χ1) is 14.5. The number of carbonyl (C=O) groups excluding carboxylic acids is 2. The largest absolute Gasteiger partial charge is 2.00 e. The van der Waals surface area contributed by atoms with Gasteiger partial charge in [-0.1, -0.05) is 0 Å². The molecule has 0 aliphatic heterocycles. The van der Waals surface area contributed by atoms with Gasteiger partial charge in [-0.05, 0) is 48.5 Å². The van der Waals surface area contributed by atoms with Crippen LogP contribution >= 0.6 is 0 Å². The van der Waals surface area contributed by atoms with Crippen LogP contribution in [-0.4, -0.2) is 87.7 Å². The van der Waals surface area contributed by atoms with Gasteiger partial charge in [-0.2, -0.15) is 0 Å². The van der Waals surface area contributed by atoms with Crippen molar-refractivity contribution in [1.82, 2.24) is 9.80 Å². The monoisotopic (exact) mass is 589 g/mol. The Morgan fingerprint density at radius 3 is 0.914 bits per heavy atom. The topological polar surface area (TPSA) is 270 Å². The van der Waals surface area contributed by atoms with Gasteiger partial charge < -0.3 is 41.3 Å². The zero-order chi connectivity index (χ0) is 25.5. The van der Waals surface area contributed by atoms with Crippen LogP contribution in [0.3, 0.4) is 0 Å². The van der Waals surface area contributed by atoms with E-state index >= 15 is 0 Å². The van der Waals surface area contributed by atoms with E-state index in [0.29, 0.717) is 11.4 Å². The van der Waals surface area contributed by atoms with Crippen molar-refractivity contribution in [2.24, 2.45) is 0 Å². The first kappa shape index (κ1) is 42.4. The van der Waals surface area contributed by atoms with Gasteiger partial charge >= 0.3 is 17.1 Å². The molecule has 0 aliphatic rings. The molecule has 0 saturated heterocycles. The molecule has 0 unspecified atom stereocenters. The molecule has 0 heterocycles. The first-order valence-corrected chi connectivity index (χ1v) is 11.2. The summed E-state index contributed by atoms with van der Waals surface area (Å²) in [6.45, 7) is 0. The fourth-order valence-corrected chi connectivity index (χ4v) is 2.21. The zero-order valence-electron chi connectivity index (χ0n) is 19.2. The molecule has 17 heteroatoms. The van der Waals surface area contributed by atoms with Crippen LogP contribution in [0.1, 0.15) is 0 Å². The number of anilines is 2. The molecule has 0 bridgehead atoms. The van der Waals surface area contributed by atoms with E-state index in [2.05, 4.69) is 0 Å². The summed E-state index contributed by atoms with van der Waals surface area (Å²) in [5.41, 5.74) is 11.4. The van der Waals surface area contributed by atoms with Gasteiger partial charge in [-0.25, -0.2) is 16.8 Å². The second-order valence-corrected chi connectivity index (χ2v) is 8.94. The van der Waals surface area contributed by atoms with Crippen molar-refractivity contribution < 1.29 is 63.6 Å². The van der Waals surface area contributed by atoms with E-state index in [1.165, 1.54) is 58.3 Å². The minimum Gasteiger partial charge on any atom is -0.744 e. The molecule has 35 heavy (non-hydrogen) atoms. The fraction of sp³-hybridized carbons (Fsp3) is 0.222. The van der Waals surface area contributed by atoms with Crippen molar-refractivity contribution in [3.8, 4) is 0 Å². The molecule has 2 rings (SSSR count). The maximum Gasteiger partial charge on any atom is 2.00 e. The van der Waals surface area contributed by atoms with Crippen LogP contribution in [0, 0.1) is 0 Å². The molecule has 0 spiro atoms. The second kappa shape index (κ2) is 20.6. The van der Waals surface area contributed by atoms with Crippen LogP contribution in [0.2, 0.25) is 0 Å². The second-order valence-electron chi connectivity index (χ2n) is 6.18. The number of amides is 2. The van der Waals surface area contributed by atoms with Gasteiger partial charge in [0, 0.05) is 39.6 Å². The van der Waals surface area contributed by atoms with E-state index in [-0.39, 0.29) is 37.8 Å². The summed E-state index contributed by atoms with van der Waals surface area (Å²) in [4.78, 5) is 21.2. The van der Waals surface area contributed by atoms with E-state index in [9.17, 15) is 35.5 Å². The molecule has 0 aromatic heterocycles. The van der Waals surface area contributed by atoms with Crippen LogP contribution in [0.4, 0.5) is 11.4 Å². The normalized spacial score (nSPS) is 9.09. The molecule has 2 aromatic carbocycles. The smallest absolute Gasteiger partial charge is 0.744 e. The Bertz CT molecular complexity index is 946. The van der Waals surface area contributed by atoms with E-state index in [0.717, 1.165) is 12.8 Å². The molecule has 0 fully saturated rings. The van der Waals surface area contributed by atoms with Gasteiger partial charge in [0.25, 0.3) is 0 Å². The summed E-state index contributed by atoms with van der Waals surface area (Å²) in [7, 11) is -1.90. The van der Waals surface area contributed by atoms with Crippen LogP contribution in [-0.2, 0) is 46.9 Å². The van der Waals surface area contributed by atoms with Gasteiger partial charge in [0.05, 0.1) is 9.79 Å². The van der Waals surface area contributed by atoms with Gasteiger partial charge in [-0.3, -0.25) is 9.59 Å². The predicted molar refractivity (Wildman–Crippen MR) is 124 cm³/mol. The van der Waals surface area contributed by atoms with Gasteiger partial charge in [0.15, 0.2) is 0 Å². The minimum absolute atomic E-state index is 0. The molecular formula is C18H30CuN4O10S2. The Balaban J connectivity index is -0.000000118. The van der Waals surface area contributed by atoms with Crippen molar-refractivity contribution in [3.63, 3.8) is 0 Å². The molecule has 2 aromatic rings. The Morgan fingerprint density at radius 2 is 0.800 bits per heavy atom. The third-order valence-corrected chi connectivity index (χ3v) is 4.46. The third kappa shape index (κ3) is 24.2. The van der Waals surface area contributed by atoms with Crippen LogP contribution < -0.4 is 11.5 Å². The number of hydrogen-bond acceptors (Lipinski definition) is 10. The molecule has 205 valence electrons. The Hall–Kier alpha value is -2.76. The number of nitrogen functional groups attached to an aromatic ring is 2. The fourth-order valence-electron chi connectivity index (χ4n) is 1.27. The van der Waals surface area contributed by atoms with Crippen molar-refractivity contribution in [2.45, 2.75) is 9.79 Å². The summed E-state index contributed by atoms with van der Waals surface area (Å²) in [5.74, 6) is 0. The van der Waals surface area contributed by atoms with Crippen molar-refractivity contribution in [2.75, 3.05) is 39.7 Å². The Morgan fingerprint density at radius 1 is 0.629 bits per heavy atom. The first-order valence-electron chi connectivity index (χ1n) is 8.40. The van der Waals surface area contributed by atoms with E-state index in [1.54, 1.807) is 28.2 Å². The number of nitrogens with zero attached hydrogens (tertiary/aromatic N) is 2. The number of benzene rings is 2. The SMILES string of the molecule is CN(C)C=O.CN(C)C=O.Nc1ccc(S(=O)(=O)[O-])cc1.Nc1ccc(S(=O)(=O)[O-])cc1.O.O.[Cu+2]. The van der Waals surface area contributed by atoms with E-state index in [1.807, 2.05) is 0 Å². The number of carbonyl (C=O) groups is 2. The van der Waals surface area contributed by atoms with Crippen molar-refractivity contribution in [3.05, 3.63) is 48.5 Å². The number of nitrogens with two attached hydrogens (primary N) is 2. The molecule has 2 amide bonds. The molecular weight excluding hydrogens is 560 g/mol. The summed E-state index contributed by atoms with van der Waals surface area (Å²) in [6.07, 6.45) is 1.50. The average Bonchev–Trinajstić information content (AvgIpc) is 2.68. The standard InChI is InChI=1S/2C6H7NO3S.2C3H7NO.Cu.2H2O/c2*7-5-1-3-6(4-2-5)11(8,9)10;2*1-4(2)3-5;;;/h2*1-4H,7H2,(H,8,9,10);2*3H,1-2H3;;2*1H2/q;;;;+2;;/p-2. The molecule has 0 aliphatic carbocycles. The summed E-state index contributed by atoms with van der Waals surface area (Å²) < 4.78 is 62.1. The molecule has 1 radical (unpaired) electrons. The predicted octanol–water partition coefficient (Wildman–Crippen LogP) is -1.90. The summed E-state index contributed by atoms with van der Waals surface area (Å²) in [5, 5.41) is 0. The Kier molecular flexibility index (Phi) is 25.0. The summed E-state index contributed by atoms with van der Waals surface area (Å²) >= 11 is 0. The van der Waals surface area contributed by atoms with Gasteiger partial charge in [0.1, 0.15) is 20.2 Å². The maximum atomic E-state index is 10.3. The summed E-state index contributed by atoms with van der Waals surface area (Å²) in [6, 6.07) is 10.2. The van der Waals surface area contributed by atoms with Gasteiger partial charge in [-0.15, -0.1) is 0 Å². The van der Waals surface area contributed by atoms with E-state index in [4.69, 9.17) is 11.5 Å².